The summed E-state index contributed by atoms with van der Waals surface area (Å²) in [6, 6.07) is 2.11. The Balaban J connectivity index is 1.91. The number of alkyl halides is 3. The fraction of sp³-hybridized carbons (Fsp3) is 0.714. The molecule has 0 atom stereocenters. The molecule has 0 bridgehead atoms. The van der Waals surface area contributed by atoms with Crippen LogP contribution in [-0.4, -0.2) is 27.4 Å². The van der Waals surface area contributed by atoms with Gasteiger partial charge in [0.05, 0.1) is 5.60 Å². The second kappa shape index (κ2) is 5.44. The maximum Gasteiger partial charge on any atom is 0.435 e. The minimum absolute atomic E-state index is 0.237. The second-order valence-corrected chi connectivity index (χ2v) is 6.54. The lowest BCUT2D eigenvalue weighted by Crippen LogP contribution is -2.42. The molecule has 21 heavy (non-hydrogen) atoms. The summed E-state index contributed by atoms with van der Waals surface area (Å²) in [5, 5.41) is 20.0. The minimum Gasteiger partial charge on any atom is -0.388 e. The Morgan fingerprint density at radius 1 is 1.14 bits per heavy atom. The number of aromatic nitrogens is 2. The van der Waals surface area contributed by atoms with Crippen LogP contribution in [0.1, 0.15) is 45.2 Å². The van der Waals surface area contributed by atoms with Gasteiger partial charge < -0.3 is 10.4 Å². The van der Waals surface area contributed by atoms with Crippen molar-refractivity contribution in [3.05, 3.63) is 17.8 Å². The number of nitrogens with one attached hydrogen (secondary N) is 1. The van der Waals surface area contributed by atoms with Gasteiger partial charge in [-0.3, -0.25) is 0 Å². The van der Waals surface area contributed by atoms with E-state index in [9.17, 15) is 18.3 Å². The SMILES string of the molecule is CC1(C)CCC(O)(CNc2ccc(C(F)(F)F)nn2)CC1. The summed E-state index contributed by atoms with van der Waals surface area (Å²) in [6.07, 6.45) is -1.31. The molecule has 1 aliphatic rings. The Hall–Kier alpha value is -1.37. The van der Waals surface area contributed by atoms with Gasteiger partial charge in [-0.25, -0.2) is 0 Å². The lowest BCUT2D eigenvalue weighted by molar-refractivity contribution is -0.141. The van der Waals surface area contributed by atoms with Gasteiger partial charge in [-0.1, -0.05) is 13.8 Å². The Kier molecular flexibility index (Phi) is 4.15. The van der Waals surface area contributed by atoms with Gasteiger partial charge >= 0.3 is 6.18 Å². The normalized spacial score (nSPS) is 21.0. The summed E-state index contributed by atoms with van der Waals surface area (Å²) < 4.78 is 37.1. The fourth-order valence-electron chi connectivity index (χ4n) is 2.40. The molecule has 7 heteroatoms. The van der Waals surface area contributed by atoms with Crippen LogP contribution in [0.4, 0.5) is 19.0 Å². The summed E-state index contributed by atoms with van der Waals surface area (Å²) in [4.78, 5) is 0. The van der Waals surface area contributed by atoms with E-state index in [2.05, 4.69) is 29.4 Å². The molecule has 2 rings (SSSR count). The molecule has 0 unspecified atom stereocenters. The van der Waals surface area contributed by atoms with Crippen molar-refractivity contribution >= 4 is 5.82 Å². The highest BCUT2D eigenvalue weighted by Gasteiger charge is 2.36. The van der Waals surface area contributed by atoms with E-state index >= 15 is 0 Å². The molecule has 1 fully saturated rings. The molecule has 118 valence electrons. The van der Waals surface area contributed by atoms with E-state index < -0.39 is 17.5 Å². The maximum atomic E-state index is 12.4. The summed E-state index contributed by atoms with van der Waals surface area (Å²) in [5.74, 6) is 0.237. The summed E-state index contributed by atoms with van der Waals surface area (Å²) in [5.41, 5.74) is -1.62. The number of halogens is 3. The van der Waals surface area contributed by atoms with Crippen LogP contribution in [0.2, 0.25) is 0 Å². The van der Waals surface area contributed by atoms with Crippen molar-refractivity contribution in [2.45, 2.75) is 51.3 Å². The van der Waals surface area contributed by atoms with Gasteiger partial charge in [-0.05, 0) is 43.2 Å². The van der Waals surface area contributed by atoms with E-state index in [1.54, 1.807) is 0 Å². The van der Waals surface area contributed by atoms with E-state index in [0.29, 0.717) is 12.8 Å². The first-order chi connectivity index (χ1) is 9.60. The lowest BCUT2D eigenvalue weighted by Gasteiger charge is -2.40. The average Bonchev–Trinajstić information content (AvgIpc) is 2.40. The van der Waals surface area contributed by atoms with Gasteiger partial charge in [0.15, 0.2) is 5.69 Å². The molecule has 0 saturated heterocycles. The van der Waals surface area contributed by atoms with Crippen LogP contribution in [0, 0.1) is 5.41 Å². The van der Waals surface area contributed by atoms with Gasteiger partial charge in [0.1, 0.15) is 5.82 Å². The third-order valence-electron chi connectivity index (χ3n) is 4.09. The molecule has 2 N–H and O–H groups in total. The van der Waals surface area contributed by atoms with Gasteiger partial charge in [0.2, 0.25) is 0 Å². The highest BCUT2D eigenvalue weighted by Crippen LogP contribution is 2.40. The monoisotopic (exact) mass is 303 g/mol. The van der Waals surface area contributed by atoms with Crippen molar-refractivity contribution in [3.63, 3.8) is 0 Å². The van der Waals surface area contributed by atoms with Crippen LogP contribution >= 0.6 is 0 Å². The predicted molar refractivity (Wildman–Crippen MR) is 72.7 cm³/mol. The third-order valence-corrected chi connectivity index (χ3v) is 4.09. The zero-order chi connectivity index (χ0) is 15.7. The first-order valence-corrected chi connectivity index (χ1v) is 6.97. The molecule has 0 spiro atoms. The van der Waals surface area contributed by atoms with Crippen LogP contribution in [-0.2, 0) is 6.18 Å². The first kappa shape index (κ1) is 16.0. The molecule has 0 radical (unpaired) electrons. The molecule has 0 aliphatic heterocycles. The van der Waals surface area contributed by atoms with Gasteiger partial charge in [0, 0.05) is 6.54 Å². The second-order valence-electron chi connectivity index (χ2n) is 6.54. The number of anilines is 1. The van der Waals surface area contributed by atoms with Crippen LogP contribution < -0.4 is 5.32 Å². The summed E-state index contributed by atoms with van der Waals surface area (Å²) >= 11 is 0. The quantitative estimate of drug-likeness (QED) is 0.900. The lowest BCUT2D eigenvalue weighted by atomic mass is 9.71. The Morgan fingerprint density at radius 3 is 2.24 bits per heavy atom. The average molecular weight is 303 g/mol. The van der Waals surface area contributed by atoms with Crippen LogP contribution in [0.5, 0.6) is 0 Å². The molecule has 0 amide bonds. The molecule has 1 heterocycles. The molecule has 4 nitrogen and oxygen atoms in total. The fourth-order valence-corrected chi connectivity index (χ4v) is 2.40. The molecular weight excluding hydrogens is 283 g/mol. The Morgan fingerprint density at radius 2 is 1.76 bits per heavy atom. The van der Waals surface area contributed by atoms with E-state index in [4.69, 9.17) is 0 Å². The largest absolute Gasteiger partial charge is 0.435 e. The minimum atomic E-state index is -4.49. The van der Waals surface area contributed by atoms with Gasteiger partial charge in [-0.2, -0.15) is 13.2 Å². The molecule has 1 saturated carbocycles. The molecule has 1 aromatic heterocycles. The number of aliphatic hydroxyl groups is 1. The predicted octanol–water partition coefficient (Wildman–Crippen LogP) is 3.24. The van der Waals surface area contributed by atoms with E-state index in [0.717, 1.165) is 18.9 Å². The molecular formula is C14H20F3N3O. The van der Waals surface area contributed by atoms with Crippen molar-refractivity contribution in [1.82, 2.24) is 10.2 Å². The standard InChI is InChI=1S/C14H20F3N3O/c1-12(2)5-7-13(21,8-6-12)9-18-11-4-3-10(19-20-11)14(15,16)17/h3-4,21H,5-9H2,1-2H3,(H,18,20). The molecule has 0 aromatic carbocycles. The van der Waals surface area contributed by atoms with E-state index in [1.807, 2.05) is 0 Å². The maximum absolute atomic E-state index is 12.4. The smallest absolute Gasteiger partial charge is 0.388 e. The van der Waals surface area contributed by atoms with Crippen molar-refractivity contribution in [2.24, 2.45) is 5.41 Å². The zero-order valence-corrected chi connectivity index (χ0v) is 12.2. The van der Waals surface area contributed by atoms with Crippen LogP contribution in [0.15, 0.2) is 12.1 Å². The number of rotatable bonds is 3. The first-order valence-electron chi connectivity index (χ1n) is 6.97. The van der Waals surface area contributed by atoms with Gasteiger partial charge in [0.25, 0.3) is 0 Å². The highest BCUT2D eigenvalue weighted by molar-refractivity contribution is 5.34. The van der Waals surface area contributed by atoms with Crippen molar-refractivity contribution in [2.75, 3.05) is 11.9 Å². The van der Waals surface area contributed by atoms with Crippen LogP contribution in [0.3, 0.4) is 0 Å². The van der Waals surface area contributed by atoms with Gasteiger partial charge in [-0.15, -0.1) is 10.2 Å². The van der Waals surface area contributed by atoms with Crippen molar-refractivity contribution in [3.8, 4) is 0 Å². The Labute approximate surface area is 121 Å². The highest BCUT2D eigenvalue weighted by atomic mass is 19.4. The van der Waals surface area contributed by atoms with E-state index in [-0.39, 0.29) is 17.8 Å². The topological polar surface area (TPSA) is 58.0 Å². The molecule has 1 aliphatic carbocycles. The van der Waals surface area contributed by atoms with Crippen LogP contribution in [0.25, 0.3) is 0 Å². The van der Waals surface area contributed by atoms with Crippen molar-refractivity contribution < 1.29 is 18.3 Å². The summed E-state index contributed by atoms with van der Waals surface area (Å²) in [7, 11) is 0. The zero-order valence-electron chi connectivity index (χ0n) is 12.2. The molecule has 1 aromatic rings. The van der Waals surface area contributed by atoms with E-state index in [1.165, 1.54) is 6.07 Å². The number of hydrogen-bond acceptors (Lipinski definition) is 4. The third kappa shape index (κ3) is 4.30. The Bertz CT molecular complexity index is 475. The number of nitrogens with zero attached hydrogens (tertiary/aromatic N) is 2. The van der Waals surface area contributed by atoms with Crippen molar-refractivity contribution in [1.29, 1.82) is 0 Å². The summed E-state index contributed by atoms with van der Waals surface area (Å²) in [6.45, 7) is 4.60. The number of hydrogen-bond donors (Lipinski definition) is 2.